The van der Waals surface area contributed by atoms with E-state index in [1.165, 1.54) is 0 Å². The Labute approximate surface area is 139 Å². The summed E-state index contributed by atoms with van der Waals surface area (Å²) < 4.78 is 0. The summed E-state index contributed by atoms with van der Waals surface area (Å²) in [6, 6.07) is 21.5. The molecule has 120 valence electrons. The third-order valence-electron chi connectivity index (χ3n) is 4.70. The summed E-state index contributed by atoms with van der Waals surface area (Å²) in [6.07, 6.45) is -0.871. The lowest BCUT2D eigenvalue weighted by Crippen LogP contribution is -2.41. The van der Waals surface area contributed by atoms with E-state index in [9.17, 15) is 15.3 Å². The normalized spacial score (nSPS) is 18.0. The van der Waals surface area contributed by atoms with E-state index >= 15 is 0 Å². The van der Waals surface area contributed by atoms with E-state index in [1.807, 2.05) is 48.5 Å². The van der Waals surface area contributed by atoms with E-state index in [2.05, 4.69) is 5.32 Å². The highest BCUT2D eigenvalue weighted by atomic mass is 16.3. The predicted molar refractivity (Wildman–Crippen MR) is 92.2 cm³/mol. The first kappa shape index (κ1) is 14.6. The van der Waals surface area contributed by atoms with Gasteiger partial charge in [-0.15, -0.1) is 0 Å². The quantitative estimate of drug-likeness (QED) is 0.585. The van der Waals surface area contributed by atoms with Crippen molar-refractivity contribution in [2.24, 2.45) is 0 Å². The van der Waals surface area contributed by atoms with Crippen molar-refractivity contribution in [3.05, 3.63) is 89.5 Å². The van der Waals surface area contributed by atoms with Crippen LogP contribution in [0.25, 0.3) is 0 Å². The molecule has 1 aliphatic rings. The maximum Gasteiger partial charge on any atom is 0.142 e. The second-order valence-corrected chi connectivity index (χ2v) is 5.99. The van der Waals surface area contributed by atoms with Crippen molar-refractivity contribution >= 4 is 5.69 Å². The lowest BCUT2D eigenvalue weighted by molar-refractivity contribution is 0.159. The van der Waals surface area contributed by atoms with Crippen LogP contribution in [0.1, 0.15) is 16.7 Å². The maximum absolute atomic E-state index is 11.0. The third kappa shape index (κ3) is 1.97. The molecule has 0 saturated carbocycles. The molecule has 0 bridgehead atoms. The standard InChI is InChI=1S/C20H17NO3/c22-15-9-5-13(6-10-15)20(14-7-11-16(23)12-8-14)17-3-1-2-4-18(17)21-19(20)24/h1-12,19,21-24H. The van der Waals surface area contributed by atoms with Crippen LogP contribution in [0.15, 0.2) is 72.8 Å². The topological polar surface area (TPSA) is 72.7 Å². The summed E-state index contributed by atoms with van der Waals surface area (Å²) in [7, 11) is 0. The zero-order valence-corrected chi connectivity index (χ0v) is 12.8. The predicted octanol–water partition coefficient (Wildman–Crippen LogP) is 3.18. The number of aliphatic hydroxyl groups is 1. The summed E-state index contributed by atoms with van der Waals surface area (Å²) >= 11 is 0. The third-order valence-corrected chi connectivity index (χ3v) is 4.70. The average molecular weight is 319 g/mol. The molecule has 0 radical (unpaired) electrons. The fourth-order valence-electron chi connectivity index (χ4n) is 3.60. The van der Waals surface area contributed by atoms with Crippen molar-refractivity contribution in [3.63, 3.8) is 0 Å². The molecule has 0 spiro atoms. The Bertz CT molecular complexity index is 827. The number of anilines is 1. The number of aromatic hydroxyl groups is 2. The van der Waals surface area contributed by atoms with Crippen LogP contribution in [-0.2, 0) is 5.41 Å². The highest BCUT2D eigenvalue weighted by Gasteiger charge is 2.49. The zero-order chi connectivity index (χ0) is 16.7. The molecule has 1 aliphatic heterocycles. The minimum atomic E-state index is -0.871. The number of nitrogens with one attached hydrogen (secondary N) is 1. The molecule has 1 atom stereocenters. The number of phenolic OH excluding ortho intramolecular Hbond substituents is 2. The number of hydrogen-bond donors (Lipinski definition) is 4. The zero-order valence-electron chi connectivity index (χ0n) is 12.8. The molecule has 4 N–H and O–H groups in total. The Kier molecular flexibility index (Phi) is 3.22. The van der Waals surface area contributed by atoms with Crippen LogP contribution in [0.2, 0.25) is 0 Å². The molecule has 0 amide bonds. The Morgan fingerprint density at radius 3 is 1.75 bits per heavy atom. The Balaban J connectivity index is 2.04. The second kappa shape index (κ2) is 5.28. The molecular weight excluding hydrogens is 302 g/mol. The van der Waals surface area contributed by atoms with E-state index < -0.39 is 11.6 Å². The van der Waals surface area contributed by atoms with E-state index in [-0.39, 0.29) is 11.5 Å². The SMILES string of the molecule is Oc1ccc(C2(c3ccc(O)cc3)c3ccccc3NC2O)cc1. The first-order chi connectivity index (χ1) is 11.6. The maximum atomic E-state index is 11.0. The van der Waals surface area contributed by atoms with E-state index in [0.717, 1.165) is 22.4 Å². The van der Waals surface area contributed by atoms with Gasteiger partial charge in [0.1, 0.15) is 17.7 Å². The Morgan fingerprint density at radius 1 is 0.708 bits per heavy atom. The van der Waals surface area contributed by atoms with Gasteiger partial charge in [0, 0.05) is 5.69 Å². The lowest BCUT2D eigenvalue weighted by Gasteiger charge is -2.34. The fraction of sp³-hybridized carbons (Fsp3) is 0.100. The van der Waals surface area contributed by atoms with Crippen LogP contribution >= 0.6 is 0 Å². The van der Waals surface area contributed by atoms with Gasteiger partial charge in [-0.05, 0) is 47.0 Å². The number of para-hydroxylation sites is 1. The van der Waals surface area contributed by atoms with Gasteiger partial charge in [-0.2, -0.15) is 0 Å². The van der Waals surface area contributed by atoms with Crippen LogP contribution in [0.5, 0.6) is 11.5 Å². The van der Waals surface area contributed by atoms with E-state index in [1.54, 1.807) is 24.3 Å². The minimum absolute atomic E-state index is 0.174. The number of hydrogen-bond acceptors (Lipinski definition) is 4. The van der Waals surface area contributed by atoms with Gasteiger partial charge in [0.2, 0.25) is 0 Å². The lowest BCUT2D eigenvalue weighted by atomic mass is 9.69. The average Bonchev–Trinajstić information content (AvgIpc) is 2.89. The summed E-state index contributed by atoms with van der Waals surface area (Å²) in [6.45, 7) is 0. The van der Waals surface area contributed by atoms with Crippen molar-refractivity contribution in [1.82, 2.24) is 0 Å². The van der Waals surface area contributed by atoms with Crippen molar-refractivity contribution in [3.8, 4) is 11.5 Å². The number of fused-ring (bicyclic) bond motifs is 1. The van der Waals surface area contributed by atoms with Crippen LogP contribution in [0, 0.1) is 0 Å². The minimum Gasteiger partial charge on any atom is -0.508 e. The molecule has 0 aliphatic carbocycles. The Morgan fingerprint density at radius 2 is 1.21 bits per heavy atom. The molecule has 3 aromatic rings. The van der Waals surface area contributed by atoms with Crippen LogP contribution < -0.4 is 5.32 Å². The fourth-order valence-corrected chi connectivity index (χ4v) is 3.60. The number of benzene rings is 3. The summed E-state index contributed by atoms with van der Waals surface area (Å²) in [5, 5.41) is 33.4. The van der Waals surface area contributed by atoms with E-state index in [4.69, 9.17) is 0 Å². The summed E-state index contributed by atoms with van der Waals surface area (Å²) in [5.74, 6) is 0.349. The van der Waals surface area contributed by atoms with Crippen LogP contribution in [0.4, 0.5) is 5.69 Å². The van der Waals surface area contributed by atoms with Crippen molar-refractivity contribution < 1.29 is 15.3 Å². The summed E-state index contributed by atoms with van der Waals surface area (Å²) in [4.78, 5) is 0. The molecule has 3 aromatic carbocycles. The van der Waals surface area contributed by atoms with Crippen molar-refractivity contribution in [1.29, 1.82) is 0 Å². The van der Waals surface area contributed by atoms with Gasteiger partial charge in [0.25, 0.3) is 0 Å². The smallest absolute Gasteiger partial charge is 0.142 e. The molecule has 0 saturated heterocycles. The first-order valence-electron chi connectivity index (χ1n) is 7.75. The van der Waals surface area contributed by atoms with Crippen LogP contribution in [-0.4, -0.2) is 21.5 Å². The molecule has 4 heteroatoms. The van der Waals surface area contributed by atoms with Crippen LogP contribution in [0.3, 0.4) is 0 Å². The molecule has 1 heterocycles. The van der Waals surface area contributed by atoms with Gasteiger partial charge >= 0.3 is 0 Å². The van der Waals surface area contributed by atoms with Gasteiger partial charge in [-0.3, -0.25) is 0 Å². The number of aliphatic hydroxyl groups excluding tert-OH is 1. The molecule has 4 rings (SSSR count). The largest absolute Gasteiger partial charge is 0.508 e. The van der Waals surface area contributed by atoms with Gasteiger partial charge in [0.05, 0.1) is 5.41 Å². The van der Waals surface area contributed by atoms with Gasteiger partial charge in [-0.25, -0.2) is 0 Å². The van der Waals surface area contributed by atoms with Gasteiger partial charge in [0.15, 0.2) is 0 Å². The molecule has 4 nitrogen and oxygen atoms in total. The van der Waals surface area contributed by atoms with Crippen molar-refractivity contribution in [2.75, 3.05) is 5.32 Å². The first-order valence-corrected chi connectivity index (χ1v) is 7.75. The highest BCUT2D eigenvalue weighted by molar-refractivity contribution is 5.70. The molecule has 24 heavy (non-hydrogen) atoms. The van der Waals surface area contributed by atoms with Gasteiger partial charge in [-0.1, -0.05) is 42.5 Å². The van der Waals surface area contributed by atoms with Gasteiger partial charge < -0.3 is 20.6 Å². The molecule has 1 unspecified atom stereocenters. The molecular formula is C20H17NO3. The second-order valence-electron chi connectivity index (χ2n) is 5.99. The highest BCUT2D eigenvalue weighted by Crippen LogP contribution is 2.49. The van der Waals surface area contributed by atoms with Crippen molar-refractivity contribution in [2.45, 2.75) is 11.6 Å². The molecule has 0 aromatic heterocycles. The Hall–Kier alpha value is -2.98. The molecule has 0 fully saturated rings. The number of rotatable bonds is 2. The monoisotopic (exact) mass is 319 g/mol. The number of phenols is 2. The van der Waals surface area contributed by atoms with E-state index in [0.29, 0.717) is 0 Å². The summed E-state index contributed by atoms with van der Waals surface area (Å²) in [5.41, 5.74) is 2.71.